The van der Waals surface area contributed by atoms with Crippen LogP contribution in [0.2, 0.25) is 0 Å². The highest BCUT2D eigenvalue weighted by atomic mass is 19.4. The maximum Gasteiger partial charge on any atom is 0.433 e. The summed E-state index contributed by atoms with van der Waals surface area (Å²) in [4.78, 5) is 22.8. The lowest BCUT2D eigenvalue weighted by atomic mass is 10.1. The van der Waals surface area contributed by atoms with Gasteiger partial charge in [0.2, 0.25) is 5.89 Å². The van der Waals surface area contributed by atoms with Gasteiger partial charge >= 0.3 is 6.18 Å². The third-order valence-corrected chi connectivity index (χ3v) is 6.09. The molecule has 2 aromatic heterocycles. The number of aliphatic hydroxyl groups excluding tert-OH is 1. The summed E-state index contributed by atoms with van der Waals surface area (Å²) in [6.07, 6.45) is -3.18. The minimum Gasteiger partial charge on any atom is -0.494 e. The standard InChI is InChI=1S/C23H25F3N4O4/c1-11(27)20-19(22(32)30(2)14-5-4-6-15(14)31)29-21(34-20)13-7-9-16(33-3)18-12(13)8-10-17(28-18)23(24,25)26/h7-11,14-15,31H,4-6,27H2,1-3H3/t11-,14-,15-/m0/s1. The normalized spacial score (nSPS) is 19.4. The van der Waals surface area contributed by atoms with Gasteiger partial charge in [0.25, 0.3) is 5.91 Å². The zero-order chi connectivity index (χ0) is 24.8. The van der Waals surface area contributed by atoms with Crippen molar-refractivity contribution in [3.05, 3.63) is 41.4 Å². The maximum atomic E-state index is 13.2. The molecule has 4 rings (SSSR count). The number of likely N-dealkylation sites (N-methyl/N-ethyl adjacent to an activating group) is 1. The Labute approximate surface area is 193 Å². The fourth-order valence-corrected chi connectivity index (χ4v) is 4.30. The molecule has 1 aromatic carbocycles. The average molecular weight is 478 g/mol. The Morgan fingerprint density at radius 2 is 2.00 bits per heavy atom. The van der Waals surface area contributed by atoms with Gasteiger partial charge in [-0.3, -0.25) is 4.79 Å². The van der Waals surface area contributed by atoms with Crippen molar-refractivity contribution in [2.75, 3.05) is 14.2 Å². The number of aromatic nitrogens is 2. The van der Waals surface area contributed by atoms with Crippen LogP contribution in [0.1, 0.15) is 54.2 Å². The van der Waals surface area contributed by atoms with Crippen molar-refractivity contribution >= 4 is 16.8 Å². The minimum atomic E-state index is -4.63. The minimum absolute atomic E-state index is 0.00422. The van der Waals surface area contributed by atoms with Gasteiger partial charge in [-0.15, -0.1) is 0 Å². The molecule has 0 radical (unpaired) electrons. The van der Waals surface area contributed by atoms with Crippen LogP contribution in [0.25, 0.3) is 22.4 Å². The van der Waals surface area contributed by atoms with Gasteiger partial charge in [-0.05, 0) is 50.5 Å². The van der Waals surface area contributed by atoms with Gasteiger partial charge in [-0.25, -0.2) is 9.97 Å². The number of hydrogen-bond donors (Lipinski definition) is 2. The molecule has 0 bridgehead atoms. The number of fused-ring (bicyclic) bond motifs is 1. The molecule has 1 saturated carbocycles. The average Bonchev–Trinajstić information content (AvgIpc) is 3.43. The summed E-state index contributed by atoms with van der Waals surface area (Å²) in [5.41, 5.74) is 5.29. The van der Waals surface area contributed by atoms with Crippen LogP contribution in [-0.2, 0) is 6.18 Å². The van der Waals surface area contributed by atoms with Crippen molar-refractivity contribution in [3.63, 3.8) is 0 Å². The number of amides is 1. The van der Waals surface area contributed by atoms with E-state index in [9.17, 15) is 23.1 Å². The molecule has 2 heterocycles. The summed E-state index contributed by atoms with van der Waals surface area (Å²) < 4.78 is 50.8. The van der Waals surface area contributed by atoms with Gasteiger partial charge in [0, 0.05) is 18.0 Å². The second-order valence-corrected chi connectivity index (χ2v) is 8.41. The molecule has 3 atom stereocenters. The number of carbonyl (C=O) groups is 1. The van der Waals surface area contributed by atoms with E-state index in [1.165, 1.54) is 24.1 Å². The molecule has 1 fully saturated rings. The zero-order valence-corrected chi connectivity index (χ0v) is 18.9. The molecule has 182 valence electrons. The Hall–Kier alpha value is -3.18. The quantitative estimate of drug-likeness (QED) is 0.571. The van der Waals surface area contributed by atoms with Crippen molar-refractivity contribution in [1.29, 1.82) is 0 Å². The van der Waals surface area contributed by atoms with E-state index in [-0.39, 0.29) is 34.7 Å². The van der Waals surface area contributed by atoms with Crippen molar-refractivity contribution in [2.45, 2.75) is 50.6 Å². The Morgan fingerprint density at radius 1 is 1.26 bits per heavy atom. The number of nitrogens with two attached hydrogens (primary N) is 1. The SMILES string of the molecule is COc1ccc(-c2nc(C(=O)N(C)[C@H]3CCC[C@@H]3O)c([C@H](C)N)o2)c2ccc(C(F)(F)F)nc12. The van der Waals surface area contributed by atoms with Crippen LogP contribution >= 0.6 is 0 Å². The molecule has 0 saturated heterocycles. The van der Waals surface area contributed by atoms with Gasteiger partial charge < -0.3 is 24.9 Å². The second-order valence-electron chi connectivity index (χ2n) is 8.41. The van der Waals surface area contributed by atoms with Crippen LogP contribution in [0.15, 0.2) is 28.7 Å². The number of carbonyl (C=O) groups excluding carboxylic acids is 1. The number of nitrogens with zero attached hydrogens (tertiary/aromatic N) is 3. The van der Waals surface area contributed by atoms with E-state index in [4.69, 9.17) is 14.9 Å². The Balaban J connectivity index is 1.82. The molecule has 0 spiro atoms. The predicted molar refractivity (Wildman–Crippen MR) is 117 cm³/mol. The summed E-state index contributed by atoms with van der Waals surface area (Å²) in [7, 11) is 2.92. The number of alkyl halides is 3. The topological polar surface area (TPSA) is 115 Å². The monoisotopic (exact) mass is 478 g/mol. The van der Waals surface area contributed by atoms with Crippen LogP contribution < -0.4 is 10.5 Å². The largest absolute Gasteiger partial charge is 0.494 e. The van der Waals surface area contributed by atoms with Gasteiger partial charge in [-0.1, -0.05) is 0 Å². The van der Waals surface area contributed by atoms with Crippen LogP contribution in [0.5, 0.6) is 5.75 Å². The fraction of sp³-hybridized carbons (Fsp3) is 0.435. The van der Waals surface area contributed by atoms with Gasteiger partial charge in [0.15, 0.2) is 11.5 Å². The van der Waals surface area contributed by atoms with E-state index in [1.54, 1.807) is 20.0 Å². The van der Waals surface area contributed by atoms with Crippen LogP contribution in [0, 0.1) is 0 Å². The molecular formula is C23H25F3N4O4. The van der Waals surface area contributed by atoms with Crippen molar-refractivity contribution in [3.8, 4) is 17.2 Å². The maximum absolute atomic E-state index is 13.2. The van der Waals surface area contributed by atoms with Gasteiger partial charge in [-0.2, -0.15) is 13.2 Å². The van der Waals surface area contributed by atoms with E-state index in [0.717, 1.165) is 12.5 Å². The first-order chi connectivity index (χ1) is 16.0. The lowest BCUT2D eigenvalue weighted by molar-refractivity contribution is -0.140. The van der Waals surface area contributed by atoms with Crippen LogP contribution in [-0.4, -0.2) is 52.2 Å². The number of ether oxygens (including phenoxy) is 1. The third-order valence-electron chi connectivity index (χ3n) is 6.09. The summed E-state index contributed by atoms with van der Waals surface area (Å²) >= 11 is 0. The van der Waals surface area contributed by atoms with E-state index in [1.807, 2.05) is 0 Å². The number of oxazole rings is 1. The molecule has 0 unspecified atom stereocenters. The smallest absolute Gasteiger partial charge is 0.433 e. The number of aliphatic hydroxyl groups is 1. The van der Waals surface area contributed by atoms with E-state index >= 15 is 0 Å². The van der Waals surface area contributed by atoms with E-state index in [2.05, 4.69) is 9.97 Å². The number of halogens is 3. The van der Waals surface area contributed by atoms with Crippen LogP contribution in [0.4, 0.5) is 13.2 Å². The van der Waals surface area contributed by atoms with Crippen molar-refractivity contribution in [2.24, 2.45) is 5.73 Å². The number of hydrogen-bond acceptors (Lipinski definition) is 7. The van der Waals surface area contributed by atoms with Crippen molar-refractivity contribution in [1.82, 2.24) is 14.9 Å². The highest BCUT2D eigenvalue weighted by Crippen LogP contribution is 2.37. The van der Waals surface area contributed by atoms with Gasteiger partial charge in [0.05, 0.1) is 25.3 Å². The first-order valence-electron chi connectivity index (χ1n) is 10.8. The van der Waals surface area contributed by atoms with E-state index in [0.29, 0.717) is 23.8 Å². The first-order valence-corrected chi connectivity index (χ1v) is 10.8. The highest BCUT2D eigenvalue weighted by molar-refractivity contribution is 5.98. The first kappa shape index (κ1) is 24.0. The number of rotatable bonds is 5. The van der Waals surface area contributed by atoms with E-state index < -0.39 is 29.9 Å². The predicted octanol–water partition coefficient (Wildman–Crippen LogP) is 3.92. The second kappa shape index (κ2) is 8.88. The lowest BCUT2D eigenvalue weighted by Crippen LogP contribution is -2.42. The molecule has 3 aromatic rings. The summed E-state index contributed by atoms with van der Waals surface area (Å²) in [5, 5.41) is 10.5. The Kier molecular flexibility index (Phi) is 6.26. The number of pyridine rings is 1. The molecule has 1 aliphatic rings. The lowest BCUT2D eigenvalue weighted by Gasteiger charge is -2.26. The van der Waals surface area contributed by atoms with Gasteiger partial charge in [0.1, 0.15) is 17.0 Å². The Morgan fingerprint density at radius 3 is 2.59 bits per heavy atom. The van der Waals surface area contributed by atoms with Crippen LogP contribution in [0.3, 0.4) is 0 Å². The molecular weight excluding hydrogens is 453 g/mol. The number of methoxy groups -OCH3 is 1. The molecule has 3 N–H and O–H groups in total. The Bertz CT molecular complexity index is 1220. The summed E-state index contributed by atoms with van der Waals surface area (Å²) in [5.74, 6) is -0.146. The molecule has 8 nitrogen and oxygen atoms in total. The molecule has 0 aliphatic heterocycles. The van der Waals surface area contributed by atoms with Crippen molar-refractivity contribution < 1.29 is 32.2 Å². The summed E-state index contributed by atoms with van der Waals surface area (Å²) in [6.45, 7) is 1.63. The number of benzene rings is 1. The fourth-order valence-electron chi connectivity index (χ4n) is 4.30. The molecule has 1 amide bonds. The zero-order valence-electron chi connectivity index (χ0n) is 18.9. The molecule has 1 aliphatic carbocycles. The summed E-state index contributed by atoms with van der Waals surface area (Å²) in [6, 6.07) is 4.14. The highest BCUT2D eigenvalue weighted by Gasteiger charge is 2.36. The molecule has 34 heavy (non-hydrogen) atoms. The third kappa shape index (κ3) is 4.21. The molecule has 11 heteroatoms.